The Balaban J connectivity index is -0.000000203. The number of nitrogens with two attached hydrogens (primary N) is 1. The number of hydrogen-bond acceptors (Lipinski definition) is 6. The van der Waals surface area contributed by atoms with E-state index in [1.54, 1.807) is 0 Å². The zero-order valence-corrected chi connectivity index (χ0v) is 10.7. The quantitative estimate of drug-likeness (QED) is 0.317. The van der Waals surface area contributed by atoms with Crippen molar-refractivity contribution in [3.05, 3.63) is 24.3 Å². The van der Waals surface area contributed by atoms with Crippen LogP contribution in [0.2, 0.25) is 0 Å². The minimum atomic E-state index is -0.954. The molecule has 0 atom stereocenters. The van der Waals surface area contributed by atoms with E-state index in [0.29, 0.717) is 0 Å². The van der Waals surface area contributed by atoms with Gasteiger partial charge in [-0.25, -0.2) is 4.79 Å². The van der Waals surface area contributed by atoms with Crippen LogP contribution in [0.1, 0.15) is 6.92 Å². The second kappa shape index (κ2) is 14.3. The van der Waals surface area contributed by atoms with Gasteiger partial charge in [0.2, 0.25) is 5.91 Å². The lowest BCUT2D eigenvalue weighted by molar-refractivity contribution is -0.132. The van der Waals surface area contributed by atoms with E-state index in [0.717, 1.165) is 0 Å². The predicted octanol–water partition coefficient (Wildman–Crippen LogP) is -2.00. The first-order valence-corrected chi connectivity index (χ1v) is 5.00. The number of carbonyl (C=O) groups excluding carboxylic acids is 1. The van der Waals surface area contributed by atoms with Gasteiger partial charge in [-0.3, -0.25) is 4.79 Å². The smallest absolute Gasteiger partial charge is 0.330 e. The van der Waals surface area contributed by atoms with Crippen molar-refractivity contribution in [1.29, 1.82) is 0 Å². The van der Waals surface area contributed by atoms with E-state index in [1.165, 1.54) is 6.92 Å². The van der Waals surface area contributed by atoms with Crippen LogP contribution >= 0.6 is 0 Å². The van der Waals surface area contributed by atoms with Gasteiger partial charge in [0.05, 0.1) is 19.8 Å². The molecule has 0 aliphatic heterocycles. The summed E-state index contributed by atoms with van der Waals surface area (Å²) in [6.07, 6.45) is -0.954. The van der Waals surface area contributed by atoms with Crippen molar-refractivity contribution in [2.45, 2.75) is 13.0 Å². The molecule has 19 heavy (non-hydrogen) atoms. The molecule has 0 aromatic heterocycles. The summed E-state index contributed by atoms with van der Waals surface area (Å²) in [4.78, 5) is 19.5. The van der Waals surface area contributed by atoms with E-state index in [-0.39, 0.29) is 31.0 Å². The summed E-state index contributed by atoms with van der Waals surface area (Å²) in [7, 11) is 0. The van der Waals surface area contributed by atoms with Crippen molar-refractivity contribution >= 4 is 11.9 Å². The van der Waals surface area contributed by atoms with Crippen LogP contribution in [0.4, 0.5) is 0 Å². The second-order valence-electron chi connectivity index (χ2n) is 3.23. The van der Waals surface area contributed by atoms with Gasteiger partial charge >= 0.3 is 5.97 Å². The van der Waals surface area contributed by atoms with Crippen molar-refractivity contribution in [2.75, 3.05) is 19.8 Å². The molecule has 0 saturated carbocycles. The Kier molecular flexibility index (Phi) is 16.9. The lowest BCUT2D eigenvalue weighted by atomic mass is 10.3. The van der Waals surface area contributed by atoms with Gasteiger partial charge in [0, 0.05) is 11.1 Å². The number of carbonyl (C=O) groups is 2. The van der Waals surface area contributed by atoms with Crippen LogP contribution in [-0.2, 0) is 9.59 Å². The summed E-state index contributed by atoms with van der Waals surface area (Å²) in [6, 6.07) is 0. The fourth-order valence-corrected chi connectivity index (χ4v) is 0.136. The summed E-state index contributed by atoms with van der Waals surface area (Å²) in [5.41, 5.74) is 4.87. The van der Waals surface area contributed by atoms with Gasteiger partial charge in [-0.2, -0.15) is 0 Å². The Labute approximate surface area is 111 Å². The van der Waals surface area contributed by atoms with Crippen LogP contribution in [0.3, 0.4) is 0 Å². The molecule has 8 heteroatoms. The summed E-state index contributed by atoms with van der Waals surface area (Å²) >= 11 is 0. The lowest BCUT2D eigenvalue weighted by Crippen LogP contribution is -2.15. The molecule has 0 spiro atoms. The van der Waals surface area contributed by atoms with E-state index < -0.39 is 18.0 Å². The van der Waals surface area contributed by atoms with E-state index in [4.69, 9.17) is 25.5 Å². The number of primary amides is 1. The Bertz CT molecular complexity index is 285. The number of carboxylic acid groups (broad SMARTS) is 1. The zero-order valence-electron chi connectivity index (χ0n) is 10.7. The fourth-order valence-electron chi connectivity index (χ4n) is 0.136. The van der Waals surface area contributed by atoms with E-state index in [1.807, 2.05) is 0 Å². The third kappa shape index (κ3) is 22.0. The van der Waals surface area contributed by atoms with Gasteiger partial charge < -0.3 is 31.3 Å². The molecule has 0 aromatic carbocycles. The molecule has 0 fully saturated rings. The minimum absolute atomic E-state index is 0.0417. The first-order valence-electron chi connectivity index (χ1n) is 5.00. The fraction of sp³-hybridized carbons (Fsp3) is 0.455. The van der Waals surface area contributed by atoms with Crippen molar-refractivity contribution in [3.63, 3.8) is 0 Å². The van der Waals surface area contributed by atoms with Gasteiger partial charge in [0.1, 0.15) is 6.10 Å². The number of amides is 1. The molecule has 0 aliphatic carbocycles. The van der Waals surface area contributed by atoms with E-state index >= 15 is 0 Å². The topological polar surface area (TPSA) is 161 Å². The highest BCUT2D eigenvalue weighted by Gasteiger charge is 1.95. The predicted molar refractivity (Wildman–Crippen MR) is 68.0 cm³/mol. The molecule has 0 aromatic rings. The van der Waals surface area contributed by atoms with Gasteiger partial charge in [-0.1, -0.05) is 13.2 Å². The van der Waals surface area contributed by atoms with Gasteiger partial charge in [0.25, 0.3) is 0 Å². The van der Waals surface area contributed by atoms with E-state index in [2.05, 4.69) is 18.9 Å². The number of hydrogen-bond donors (Lipinski definition) is 6. The number of carboxylic acids is 1. The largest absolute Gasteiger partial charge is 0.478 e. The van der Waals surface area contributed by atoms with Crippen LogP contribution in [0.25, 0.3) is 0 Å². The third-order valence-electron chi connectivity index (χ3n) is 1.33. The first kappa shape index (κ1) is 22.4. The molecule has 0 radical (unpaired) electrons. The average molecular weight is 279 g/mol. The Hall–Kier alpha value is -1.74. The molecule has 0 aliphatic rings. The molecule has 8 nitrogen and oxygen atoms in total. The Morgan fingerprint density at radius 1 is 1.16 bits per heavy atom. The second-order valence-corrected chi connectivity index (χ2v) is 3.23. The minimum Gasteiger partial charge on any atom is -0.478 e. The molecule has 7 N–H and O–H groups in total. The van der Waals surface area contributed by atoms with Crippen molar-refractivity contribution in [2.24, 2.45) is 5.73 Å². The maximum absolute atomic E-state index is 9.89. The first-order chi connectivity index (χ1) is 8.63. The van der Waals surface area contributed by atoms with Crippen LogP contribution in [-0.4, -0.2) is 63.3 Å². The number of aliphatic hydroxyl groups excluding tert-OH is 4. The normalized spacial score (nSPS) is 8.53. The Morgan fingerprint density at radius 3 is 1.47 bits per heavy atom. The highest BCUT2D eigenvalue weighted by Crippen LogP contribution is 1.81. The molecule has 0 rings (SSSR count). The Morgan fingerprint density at radius 2 is 1.47 bits per heavy atom. The monoisotopic (exact) mass is 279 g/mol. The van der Waals surface area contributed by atoms with Crippen molar-refractivity contribution < 1.29 is 35.1 Å². The van der Waals surface area contributed by atoms with Crippen molar-refractivity contribution in [3.8, 4) is 0 Å². The van der Waals surface area contributed by atoms with Gasteiger partial charge in [-0.15, -0.1) is 0 Å². The highest BCUT2D eigenvalue weighted by atomic mass is 16.4. The summed E-state index contributed by atoms with van der Waals surface area (Å²) in [6.45, 7) is 6.67. The molecule has 0 unspecified atom stereocenters. The van der Waals surface area contributed by atoms with Crippen LogP contribution in [0, 0.1) is 0 Å². The molecule has 1 amide bonds. The molecule has 0 heterocycles. The molecule has 0 saturated heterocycles. The molecular formula is C11H21NO7. The molecular weight excluding hydrogens is 258 g/mol. The standard InChI is InChI=1S/C4H7NO2.C4H6O2.C3H8O3/c1-3(2-6)4(5)7;1-3(2)4(5)6;4-1-3(6)2-5/h6H,1-2H2,(H2,5,7);1H2,2H3,(H,5,6);3-6H,1-2H2. The third-order valence-corrected chi connectivity index (χ3v) is 1.33. The summed E-state index contributed by atoms with van der Waals surface area (Å²) in [5.74, 6) is -1.59. The summed E-state index contributed by atoms with van der Waals surface area (Å²) < 4.78 is 0. The maximum Gasteiger partial charge on any atom is 0.330 e. The lowest BCUT2D eigenvalue weighted by Gasteiger charge is -1.96. The van der Waals surface area contributed by atoms with Crippen LogP contribution in [0.15, 0.2) is 24.3 Å². The average Bonchev–Trinajstić information content (AvgIpc) is 2.37. The van der Waals surface area contributed by atoms with Crippen LogP contribution < -0.4 is 5.73 Å². The van der Waals surface area contributed by atoms with Crippen LogP contribution in [0.5, 0.6) is 0 Å². The zero-order chi connectivity index (χ0) is 16.0. The highest BCUT2D eigenvalue weighted by molar-refractivity contribution is 5.91. The molecule has 112 valence electrons. The van der Waals surface area contributed by atoms with Crippen molar-refractivity contribution in [1.82, 2.24) is 0 Å². The SMILES string of the molecule is C=C(C)C(=O)O.C=C(CO)C(N)=O.OCC(O)CO. The number of aliphatic carboxylic acids is 1. The van der Waals surface area contributed by atoms with Gasteiger partial charge in [0.15, 0.2) is 0 Å². The van der Waals surface area contributed by atoms with Gasteiger partial charge in [-0.05, 0) is 6.92 Å². The summed E-state index contributed by atoms with van der Waals surface area (Å²) in [5, 5.41) is 40.0. The maximum atomic E-state index is 9.89. The number of rotatable bonds is 5. The number of aliphatic hydroxyl groups is 4. The van der Waals surface area contributed by atoms with E-state index in [9.17, 15) is 9.59 Å². The molecule has 0 bridgehead atoms.